The number of hydrogen-bond acceptors (Lipinski definition) is 2. The monoisotopic (exact) mass is 346 g/mol. The van der Waals surface area contributed by atoms with Crippen LogP contribution in [0.25, 0.3) is 0 Å². The van der Waals surface area contributed by atoms with Gasteiger partial charge in [-0.2, -0.15) is 0 Å². The lowest BCUT2D eigenvalue weighted by molar-refractivity contribution is 0.483. The second kappa shape index (κ2) is 5.96. The van der Waals surface area contributed by atoms with Gasteiger partial charge in [-0.15, -0.1) is 0 Å². The summed E-state index contributed by atoms with van der Waals surface area (Å²) in [5, 5.41) is 0.467. The lowest BCUT2D eigenvalue weighted by Crippen LogP contribution is -2.29. The minimum absolute atomic E-state index is 0.126. The van der Waals surface area contributed by atoms with E-state index in [9.17, 15) is 8.78 Å². The lowest BCUT2D eigenvalue weighted by Gasteiger charge is -2.18. The summed E-state index contributed by atoms with van der Waals surface area (Å²) < 4.78 is 27.8. The number of benzene rings is 2. The number of nitrogens with one attached hydrogen (secondary N) is 1. The average molecular weight is 348 g/mol. The summed E-state index contributed by atoms with van der Waals surface area (Å²) in [5.74, 6) is 3.61. The first kappa shape index (κ1) is 14.4. The van der Waals surface area contributed by atoms with Crippen LogP contribution in [0.1, 0.15) is 17.2 Å². The number of hydrogen-bond donors (Lipinski definition) is 2. The van der Waals surface area contributed by atoms with Crippen LogP contribution in [-0.2, 0) is 0 Å². The number of rotatable bonds is 3. The third-order valence-electron chi connectivity index (χ3n) is 2.74. The Kier molecular flexibility index (Phi) is 4.52. The van der Waals surface area contributed by atoms with Crippen LogP contribution in [0.5, 0.6) is 0 Å². The van der Waals surface area contributed by atoms with Crippen LogP contribution >= 0.6 is 27.5 Å². The number of nitrogens with two attached hydrogens (primary N) is 1. The first-order valence-electron chi connectivity index (χ1n) is 5.39. The summed E-state index contributed by atoms with van der Waals surface area (Å²) in [7, 11) is 0. The molecule has 0 fully saturated rings. The van der Waals surface area contributed by atoms with Crippen molar-refractivity contribution in [2.45, 2.75) is 6.04 Å². The Hall–Kier alpha value is -1.01. The third-order valence-corrected chi connectivity index (χ3v) is 3.97. The van der Waals surface area contributed by atoms with E-state index in [4.69, 9.17) is 17.4 Å². The van der Waals surface area contributed by atoms with Gasteiger partial charge in [0.15, 0.2) is 11.6 Å². The smallest absolute Gasteiger partial charge is 0.163 e. The van der Waals surface area contributed by atoms with E-state index in [2.05, 4.69) is 21.4 Å². The molecule has 2 nitrogen and oxygen atoms in total. The van der Waals surface area contributed by atoms with Crippen molar-refractivity contribution in [3.63, 3.8) is 0 Å². The Balaban J connectivity index is 2.50. The number of halogens is 4. The van der Waals surface area contributed by atoms with Crippen molar-refractivity contribution in [1.29, 1.82) is 0 Å². The summed E-state index contributed by atoms with van der Waals surface area (Å²) in [6.45, 7) is 0. The van der Waals surface area contributed by atoms with E-state index in [1.54, 1.807) is 18.2 Å². The van der Waals surface area contributed by atoms with E-state index < -0.39 is 17.7 Å². The van der Waals surface area contributed by atoms with Crippen molar-refractivity contribution in [3.8, 4) is 0 Å². The molecule has 0 spiro atoms. The van der Waals surface area contributed by atoms with Gasteiger partial charge < -0.3 is 0 Å². The van der Waals surface area contributed by atoms with Gasteiger partial charge in [0, 0.05) is 10.0 Å². The van der Waals surface area contributed by atoms with Crippen molar-refractivity contribution in [2.24, 2.45) is 5.84 Å². The molecule has 0 aliphatic carbocycles. The zero-order valence-electron chi connectivity index (χ0n) is 9.63. The summed E-state index contributed by atoms with van der Waals surface area (Å²) in [5.41, 5.74) is 3.23. The highest BCUT2D eigenvalue weighted by molar-refractivity contribution is 9.10. The molecular weight excluding hydrogens is 338 g/mol. The van der Waals surface area contributed by atoms with E-state index in [1.807, 2.05) is 0 Å². The summed E-state index contributed by atoms with van der Waals surface area (Å²) in [6.07, 6.45) is 0. The largest absolute Gasteiger partial charge is 0.271 e. The molecule has 0 saturated heterocycles. The zero-order valence-corrected chi connectivity index (χ0v) is 12.0. The van der Waals surface area contributed by atoms with Crippen molar-refractivity contribution >= 4 is 27.5 Å². The maximum Gasteiger partial charge on any atom is 0.163 e. The summed E-state index contributed by atoms with van der Waals surface area (Å²) in [6, 6.07) is 8.37. The molecule has 2 aromatic carbocycles. The minimum Gasteiger partial charge on any atom is -0.271 e. The highest BCUT2D eigenvalue weighted by Gasteiger charge is 2.19. The maximum atomic E-state index is 13.8. The standard InChI is InChI=1S/C13H10BrClF2N2/c14-9-5-4-7(6-10(9)15)13(19-18)8-2-1-3-11(16)12(8)17/h1-6,13,19H,18H2. The Morgan fingerprint density at radius 1 is 1.21 bits per heavy atom. The summed E-state index contributed by atoms with van der Waals surface area (Å²) >= 11 is 9.26. The van der Waals surface area contributed by atoms with Crippen LogP contribution in [0.15, 0.2) is 40.9 Å². The summed E-state index contributed by atoms with van der Waals surface area (Å²) in [4.78, 5) is 0. The van der Waals surface area contributed by atoms with Gasteiger partial charge in [0.25, 0.3) is 0 Å². The van der Waals surface area contributed by atoms with Gasteiger partial charge in [0.05, 0.1) is 11.1 Å². The molecule has 0 radical (unpaired) electrons. The molecule has 2 aromatic rings. The Bertz CT molecular complexity index is 607. The van der Waals surface area contributed by atoms with Gasteiger partial charge in [-0.05, 0) is 39.7 Å². The van der Waals surface area contributed by atoms with Gasteiger partial charge in [0.1, 0.15) is 0 Å². The van der Waals surface area contributed by atoms with Gasteiger partial charge in [-0.25, -0.2) is 14.2 Å². The molecule has 3 N–H and O–H groups in total. The van der Waals surface area contributed by atoms with Crippen molar-refractivity contribution < 1.29 is 8.78 Å². The molecule has 0 bridgehead atoms. The van der Waals surface area contributed by atoms with E-state index in [0.717, 1.165) is 6.07 Å². The molecule has 19 heavy (non-hydrogen) atoms. The molecule has 6 heteroatoms. The average Bonchev–Trinajstić information content (AvgIpc) is 2.39. The molecule has 0 aromatic heterocycles. The minimum atomic E-state index is -0.926. The molecule has 0 saturated carbocycles. The first-order chi connectivity index (χ1) is 9.04. The van der Waals surface area contributed by atoms with Gasteiger partial charge >= 0.3 is 0 Å². The maximum absolute atomic E-state index is 13.8. The second-order valence-corrected chi connectivity index (χ2v) is 5.18. The lowest BCUT2D eigenvalue weighted by atomic mass is 9.99. The van der Waals surface area contributed by atoms with Crippen molar-refractivity contribution in [2.75, 3.05) is 0 Å². The van der Waals surface area contributed by atoms with Crippen LogP contribution in [0.2, 0.25) is 5.02 Å². The van der Waals surface area contributed by atoms with Gasteiger partial charge in [-0.3, -0.25) is 5.84 Å². The fourth-order valence-corrected chi connectivity index (χ4v) is 2.24. The van der Waals surface area contributed by atoms with Gasteiger partial charge in [0.2, 0.25) is 0 Å². The van der Waals surface area contributed by atoms with E-state index in [0.29, 0.717) is 15.1 Å². The topological polar surface area (TPSA) is 38.0 Å². The van der Waals surface area contributed by atoms with E-state index in [-0.39, 0.29) is 5.56 Å². The predicted octanol–water partition coefficient (Wildman–Crippen LogP) is 3.93. The van der Waals surface area contributed by atoms with Crippen molar-refractivity contribution in [3.05, 3.63) is 68.7 Å². The van der Waals surface area contributed by atoms with E-state index in [1.165, 1.54) is 12.1 Å². The highest BCUT2D eigenvalue weighted by atomic mass is 79.9. The fourth-order valence-electron chi connectivity index (χ4n) is 1.80. The van der Waals surface area contributed by atoms with E-state index >= 15 is 0 Å². The molecule has 100 valence electrons. The van der Waals surface area contributed by atoms with Crippen LogP contribution in [0.3, 0.4) is 0 Å². The molecule has 0 amide bonds. The highest BCUT2D eigenvalue weighted by Crippen LogP contribution is 2.30. The van der Waals surface area contributed by atoms with Crippen LogP contribution in [-0.4, -0.2) is 0 Å². The third kappa shape index (κ3) is 2.95. The number of hydrazine groups is 1. The van der Waals surface area contributed by atoms with Gasteiger partial charge in [-0.1, -0.05) is 29.8 Å². The fraction of sp³-hybridized carbons (Fsp3) is 0.0769. The van der Waals surface area contributed by atoms with Crippen LogP contribution < -0.4 is 11.3 Å². The molecule has 0 aliphatic rings. The predicted molar refractivity (Wildman–Crippen MR) is 74.7 cm³/mol. The molecule has 2 rings (SSSR count). The molecule has 0 heterocycles. The molecule has 1 atom stereocenters. The normalized spacial score (nSPS) is 12.5. The van der Waals surface area contributed by atoms with Crippen LogP contribution in [0, 0.1) is 11.6 Å². The molecule has 0 aliphatic heterocycles. The quantitative estimate of drug-likeness (QED) is 0.652. The molecule has 1 unspecified atom stereocenters. The SMILES string of the molecule is NNC(c1ccc(Br)c(Cl)c1)c1cccc(F)c1F. The molecular formula is C13H10BrClF2N2. The Morgan fingerprint density at radius 3 is 2.58 bits per heavy atom. The Labute approximate surface area is 122 Å². The van der Waals surface area contributed by atoms with Crippen LogP contribution in [0.4, 0.5) is 8.78 Å². The zero-order chi connectivity index (χ0) is 14.0. The van der Waals surface area contributed by atoms with Crippen molar-refractivity contribution in [1.82, 2.24) is 5.43 Å². The Morgan fingerprint density at radius 2 is 1.95 bits per heavy atom. The second-order valence-electron chi connectivity index (χ2n) is 3.92. The first-order valence-corrected chi connectivity index (χ1v) is 6.56.